The molecule has 3 heterocycles. The van der Waals surface area contributed by atoms with E-state index in [9.17, 15) is 4.21 Å². The number of nitrogens with zero attached hydrogens (tertiary/aromatic N) is 4. The van der Waals surface area contributed by atoms with Gasteiger partial charge in [0.25, 0.3) is 0 Å². The summed E-state index contributed by atoms with van der Waals surface area (Å²) in [6, 6.07) is 13.4. The predicted octanol–water partition coefficient (Wildman–Crippen LogP) is 5.20. The molecule has 6 rings (SSSR count). The van der Waals surface area contributed by atoms with Crippen LogP contribution in [0.5, 0.6) is 0 Å². The number of hydrogen-bond acceptors (Lipinski definition) is 6. The van der Waals surface area contributed by atoms with Crippen LogP contribution in [0.4, 0.5) is 11.6 Å². The number of nitrogens with one attached hydrogen (secondary N) is 3. The molecule has 2 aliphatic rings. The number of benzene rings is 1. The van der Waals surface area contributed by atoms with Gasteiger partial charge in [-0.15, -0.1) is 0 Å². The Kier molecular flexibility index (Phi) is 5.18. The summed E-state index contributed by atoms with van der Waals surface area (Å²) in [6.45, 7) is 0.493. The molecule has 0 saturated heterocycles. The number of fused-ring (bicyclic) bond motifs is 1. The molecule has 0 radical (unpaired) electrons. The second kappa shape index (κ2) is 8.25. The van der Waals surface area contributed by atoms with Gasteiger partial charge in [0.15, 0.2) is 0 Å². The van der Waals surface area contributed by atoms with E-state index in [4.69, 9.17) is 16.4 Å². The average Bonchev–Trinajstić information content (AvgIpc) is 3.73. The second-order valence-corrected chi connectivity index (χ2v) is 11.5. The molecule has 8 nitrogen and oxygen atoms in total. The molecule has 3 atom stereocenters. The summed E-state index contributed by atoms with van der Waals surface area (Å²) in [5.41, 5.74) is 4.19. The Bertz CT molecular complexity index is 1480. The van der Waals surface area contributed by atoms with Crippen LogP contribution in [0.2, 0.25) is 5.02 Å². The van der Waals surface area contributed by atoms with Crippen LogP contribution in [-0.4, -0.2) is 28.8 Å². The van der Waals surface area contributed by atoms with Crippen LogP contribution in [0, 0.1) is 4.78 Å². The molecule has 3 unspecified atom stereocenters. The van der Waals surface area contributed by atoms with Gasteiger partial charge < -0.3 is 9.72 Å². The van der Waals surface area contributed by atoms with Crippen molar-refractivity contribution in [2.24, 2.45) is 0 Å². The number of aromatic nitrogens is 4. The van der Waals surface area contributed by atoms with E-state index >= 15 is 0 Å². The molecule has 2 aliphatic carbocycles. The highest BCUT2D eigenvalue weighted by Crippen LogP contribution is 2.47. The van der Waals surface area contributed by atoms with Gasteiger partial charge in [0.05, 0.1) is 17.5 Å². The van der Waals surface area contributed by atoms with E-state index in [1.54, 1.807) is 6.07 Å². The number of pyridine rings is 1. The van der Waals surface area contributed by atoms with E-state index in [1.165, 1.54) is 24.7 Å². The van der Waals surface area contributed by atoms with E-state index in [-0.39, 0.29) is 11.2 Å². The zero-order valence-electron chi connectivity index (χ0n) is 18.3. The Morgan fingerprint density at radius 1 is 1.09 bits per heavy atom. The Hall–Kier alpha value is -3.17. The van der Waals surface area contributed by atoms with Gasteiger partial charge in [-0.3, -0.25) is 4.72 Å². The zero-order chi connectivity index (χ0) is 23.3. The van der Waals surface area contributed by atoms with E-state index in [2.05, 4.69) is 47.7 Å². The summed E-state index contributed by atoms with van der Waals surface area (Å²) in [6.07, 6.45) is 8.80. The minimum atomic E-state index is -3.08. The molecule has 3 aromatic heterocycles. The van der Waals surface area contributed by atoms with E-state index in [1.807, 2.05) is 30.5 Å². The Morgan fingerprint density at radius 2 is 1.94 bits per heavy atom. The fourth-order valence-electron chi connectivity index (χ4n) is 4.35. The first kappa shape index (κ1) is 21.4. The summed E-state index contributed by atoms with van der Waals surface area (Å²) in [5.74, 6) is 1.69. The van der Waals surface area contributed by atoms with Crippen LogP contribution >= 0.6 is 11.6 Å². The molecule has 0 amide bonds. The number of hydrogen-bond donors (Lipinski definition) is 3. The third-order valence-electron chi connectivity index (χ3n) is 6.38. The maximum absolute atomic E-state index is 13.1. The molecular formula is C24H24ClN7OS. The molecule has 4 aromatic rings. The number of rotatable bonds is 8. The van der Waals surface area contributed by atoms with Gasteiger partial charge in [0.2, 0.25) is 0 Å². The molecule has 34 heavy (non-hydrogen) atoms. The Labute approximate surface area is 202 Å². The topological polar surface area (TPSA) is 108 Å². The largest absolute Gasteiger partial charge is 0.364 e. The first-order valence-corrected chi connectivity index (χ1v) is 13.3. The Balaban J connectivity index is 1.11. The molecule has 2 fully saturated rings. The second-order valence-electron chi connectivity index (χ2n) is 9.01. The molecule has 2 saturated carbocycles. The lowest BCUT2D eigenvalue weighted by Gasteiger charge is -2.11. The normalized spacial score (nSPS) is 21.2. The van der Waals surface area contributed by atoms with Gasteiger partial charge in [-0.1, -0.05) is 29.8 Å². The minimum Gasteiger partial charge on any atom is -0.364 e. The van der Waals surface area contributed by atoms with E-state index < -0.39 is 9.92 Å². The van der Waals surface area contributed by atoms with Crippen molar-refractivity contribution in [2.45, 2.75) is 42.9 Å². The lowest BCUT2D eigenvalue weighted by Crippen LogP contribution is -2.18. The maximum Gasteiger partial charge on any atom is 0.143 e. The van der Waals surface area contributed by atoms with E-state index in [0.29, 0.717) is 35.5 Å². The van der Waals surface area contributed by atoms with E-state index in [0.717, 1.165) is 16.9 Å². The van der Waals surface area contributed by atoms with Gasteiger partial charge in [0.1, 0.15) is 33.5 Å². The van der Waals surface area contributed by atoms with Crippen molar-refractivity contribution in [1.82, 2.24) is 19.4 Å². The maximum atomic E-state index is 13.1. The Morgan fingerprint density at radius 3 is 2.76 bits per heavy atom. The SMILES string of the molecule is N=S(=O)(Nc1cc(NCc2cn3cc(C4CC4)ccc3n2)ncn1)C1CC1c1cccc(Cl)c1. The quantitative estimate of drug-likeness (QED) is 0.313. The van der Waals surface area contributed by atoms with Crippen LogP contribution in [0.3, 0.4) is 0 Å². The molecule has 174 valence electrons. The molecule has 0 aliphatic heterocycles. The van der Waals surface area contributed by atoms with Crippen molar-refractivity contribution < 1.29 is 4.21 Å². The zero-order valence-corrected chi connectivity index (χ0v) is 19.9. The summed E-state index contributed by atoms with van der Waals surface area (Å²) in [7, 11) is -3.08. The number of imidazole rings is 1. The fourth-order valence-corrected chi connectivity index (χ4v) is 6.22. The van der Waals surface area contributed by atoms with Gasteiger partial charge in [-0.05, 0) is 54.5 Å². The van der Waals surface area contributed by atoms with Crippen LogP contribution in [0.25, 0.3) is 5.65 Å². The van der Waals surface area contributed by atoms with Crippen molar-refractivity contribution in [1.29, 1.82) is 4.78 Å². The summed E-state index contributed by atoms with van der Waals surface area (Å²) in [5, 5.41) is 3.61. The molecule has 0 bridgehead atoms. The van der Waals surface area contributed by atoms with Crippen molar-refractivity contribution in [2.75, 3.05) is 10.0 Å². The highest BCUT2D eigenvalue weighted by molar-refractivity contribution is 7.94. The third-order valence-corrected chi connectivity index (χ3v) is 8.50. The smallest absolute Gasteiger partial charge is 0.143 e. The van der Waals surface area contributed by atoms with Gasteiger partial charge in [-0.25, -0.2) is 23.9 Å². The third kappa shape index (κ3) is 4.45. The van der Waals surface area contributed by atoms with Gasteiger partial charge in [-0.2, -0.15) is 0 Å². The highest BCUT2D eigenvalue weighted by atomic mass is 35.5. The highest BCUT2D eigenvalue weighted by Gasteiger charge is 2.46. The van der Waals surface area contributed by atoms with Crippen molar-refractivity contribution in [3.05, 3.63) is 83.0 Å². The predicted molar refractivity (Wildman–Crippen MR) is 134 cm³/mol. The standard InChI is InChI=1S/C24H24ClN7OS/c25-18-3-1-2-16(8-18)20-9-21(20)34(26,33)31-23-10-22(28-14-29-23)27-11-19-13-32-12-17(15-4-5-15)6-7-24(32)30-19/h1-3,6-8,10,12-15,20-21H,4-5,9,11H2,(H3,26,27,28,29,31,33). The van der Waals surface area contributed by atoms with Gasteiger partial charge in [0, 0.05) is 29.4 Å². The van der Waals surface area contributed by atoms with Crippen molar-refractivity contribution >= 4 is 38.8 Å². The number of halogens is 1. The monoisotopic (exact) mass is 493 g/mol. The molecule has 3 N–H and O–H groups in total. The van der Waals surface area contributed by atoms with Crippen LogP contribution in [0.15, 0.2) is 61.2 Å². The first-order chi connectivity index (χ1) is 16.4. The molecule has 1 aromatic carbocycles. The fraction of sp³-hybridized carbons (Fsp3) is 0.292. The molecule has 10 heteroatoms. The summed E-state index contributed by atoms with van der Waals surface area (Å²) < 4.78 is 26.4. The summed E-state index contributed by atoms with van der Waals surface area (Å²) >= 11 is 6.08. The van der Waals surface area contributed by atoms with Crippen molar-refractivity contribution in [3.63, 3.8) is 0 Å². The molecular weight excluding hydrogens is 470 g/mol. The average molecular weight is 494 g/mol. The summed E-state index contributed by atoms with van der Waals surface area (Å²) in [4.78, 5) is 13.1. The minimum absolute atomic E-state index is 0.0612. The van der Waals surface area contributed by atoms with Gasteiger partial charge >= 0.3 is 0 Å². The number of anilines is 2. The molecule has 0 spiro atoms. The van der Waals surface area contributed by atoms with Crippen LogP contribution < -0.4 is 10.0 Å². The van der Waals surface area contributed by atoms with Crippen molar-refractivity contribution in [3.8, 4) is 0 Å². The van der Waals surface area contributed by atoms with Crippen LogP contribution in [0.1, 0.15) is 47.9 Å². The lowest BCUT2D eigenvalue weighted by molar-refractivity contribution is 0.676. The van der Waals surface area contributed by atoms with Crippen LogP contribution in [-0.2, 0) is 16.5 Å². The lowest BCUT2D eigenvalue weighted by atomic mass is 10.1. The first-order valence-electron chi connectivity index (χ1n) is 11.3.